The van der Waals surface area contributed by atoms with Gasteiger partial charge >= 0.3 is 5.63 Å². The van der Waals surface area contributed by atoms with Crippen LogP contribution in [0.1, 0.15) is 29.3 Å². The molecule has 0 saturated heterocycles. The molecule has 0 saturated carbocycles. The van der Waals surface area contributed by atoms with E-state index in [9.17, 15) is 9.90 Å². The number of hydrogen-bond acceptors (Lipinski definition) is 6. The van der Waals surface area contributed by atoms with Crippen LogP contribution in [0.5, 0.6) is 5.75 Å². The largest absolute Gasteiger partial charge is 0.506 e. The average molecular weight is 497 g/mol. The Morgan fingerprint density at radius 1 is 0.944 bits per heavy atom. The van der Waals surface area contributed by atoms with E-state index >= 15 is 0 Å². The first-order valence-corrected chi connectivity index (χ1v) is 11.9. The van der Waals surface area contributed by atoms with Gasteiger partial charge in [-0.3, -0.25) is 5.01 Å². The van der Waals surface area contributed by atoms with E-state index in [1.54, 1.807) is 28.9 Å². The number of anilines is 1. The highest BCUT2D eigenvalue weighted by Gasteiger charge is 2.37. The first-order valence-electron chi connectivity index (χ1n) is 11.5. The standard InChI is InChI=1S/C28H21ClN4O3/c1-17-24(27(29)33(30-17)19-12-6-3-7-13-19)22-16-21(31-32(22)18-10-4-2-5-11-18)25-26(34)20-14-8-9-15-23(20)36-28(25)35/h2-15,22,34H,16H2,1H3. The minimum Gasteiger partial charge on any atom is -0.506 e. The van der Waals surface area contributed by atoms with Crippen LogP contribution in [0.4, 0.5) is 5.69 Å². The molecule has 1 atom stereocenters. The second kappa shape index (κ2) is 8.70. The molecular formula is C28H21ClN4O3. The summed E-state index contributed by atoms with van der Waals surface area (Å²) in [6.07, 6.45) is 0.326. The maximum Gasteiger partial charge on any atom is 0.349 e. The average Bonchev–Trinajstić information content (AvgIpc) is 3.45. The van der Waals surface area contributed by atoms with Crippen LogP contribution in [0, 0.1) is 6.92 Å². The van der Waals surface area contributed by atoms with Gasteiger partial charge in [-0.25, -0.2) is 9.48 Å². The predicted molar refractivity (Wildman–Crippen MR) is 140 cm³/mol. The Labute approximate surface area is 211 Å². The fourth-order valence-electron chi connectivity index (χ4n) is 4.72. The molecule has 0 amide bonds. The molecule has 0 fully saturated rings. The van der Waals surface area contributed by atoms with Crippen LogP contribution in [-0.4, -0.2) is 20.6 Å². The van der Waals surface area contributed by atoms with Gasteiger partial charge in [-0.2, -0.15) is 10.2 Å². The number of fused-ring (bicyclic) bond motifs is 1. The lowest BCUT2D eigenvalue weighted by Crippen LogP contribution is -2.19. The zero-order valence-electron chi connectivity index (χ0n) is 19.3. The maximum atomic E-state index is 13.0. The van der Waals surface area contributed by atoms with Crippen LogP contribution in [0.25, 0.3) is 16.7 Å². The van der Waals surface area contributed by atoms with Gasteiger partial charge in [0.2, 0.25) is 0 Å². The quantitative estimate of drug-likeness (QED) is 0.308. The third-order valence-corrected chi connectivity index (χ3v) is 6.75. The van der Waals surface area contributed by atoms with Gasteiger partial charge in [0.05, 0.1) is 34.2 Å². The fourth-order valence-corrected chi connectivity index (χ4v) is 5.12. The number of para-hydroxylation sites is 3. The van der Waals surface area contributed by atoms with Crippen molar-refractivity contribution >= 4 is 34.0 Å². The number of aromatic nitrogens is 2. The number of benzene rings is 3. The van der Waals surface area contributed by atoms with Crippen LogP contribution in [-0.2, 0) is 0 Å². The molecule has 6 rings (SSSR count). The van der Waals surface area contributed by atoms with Crippen LogP contribution in [0.3, 0.4) is 0 Å². The van der Waals surface area contributed by atoms with E-state index in [0.29, 0.717) is 28.3 Å². The monoisotopic (exact) mass is 496 g/mol. The number of hydrogen-bond donors (Lipinski definition) is 1. The zero-order valence-corrected chi connectivity index (χ0v) is 20.1. The Hall–Kier alpha value is -4.36. The molecule has 2 aromatic heterocycles. The third kappa shape index (κ3) is 3.56. The van der Waals surface area contributed by atoms with Crippen molar-refractivity contribution in [3.63, 3.8) is 0 Å². The molecule has 3 aromatic carbocycles. The summed E-state index contributed by atoms with van der Waals surface area (Å²) in [5.74, 6) is -0.142. The Kier molecular flexibility index (Phi) is 5.34. The van der Waals surface area contributed by atoms with Crippen molar-refractivity contribution < 1.29 is 9.52 Å². The molecular weight excluding hydrogens is 476 g/mol. The molecule has 0 bridgehead atoms. The van der Waals surface area contributed by atoms with Gasteiger partial charge < -0.3 is 9.52 Å². The zero-order chi connectivity index (χ0) is 24.8. The summed E-state index contributed by atoms with van der Waals surface area (Å²) in [6, 6.07) is 25.8. The molecule has 5 aromatic rings. The minimum absolute atomic E-state index is 0.0568. The number of aryl methyl sites for hydroxylation is 1. The first-order chi connectivity index (χ1) is 17.5. The van der Waals surface area contributed by atoms with E-state index in [1.807, 2.05) is 72.6 Å². The smallest absolute Gasteiger partial charge is 0.349 e. The normalized spacial score (nSPS) is 15.4. The van der Waals surface area contributed by atoms with Gasteiger partial charge in [0.15, 0.2) is 0 Å². The highest BCUT2D eigenvalue weighted by Crippen LogP contribution is 2.42. The number of aromatic hydroxyl groups is 1. The Bertz CT molecular complexity index is 1680. The Morgan fingerprint density at radius 2 is 1.58 bits per heavy atom. The van der Waals surface area contributed by atoms with Crippen molar-refractivity contribution in [3.8, 4) is 11.4 Å². The fraction of sp³-hybridized carbons (Fsp3) is 0.107. The molecule has 1 aliphatic heterocycles. The molecule has 1 N–H and O–H groups in total. The molecule has 1 aliphatic rings. The first kappa shape index (κ1) is 22.1. The van der Waals surface area contributed by atoms with Gasteiger partial charge in [0.25, 0.3) is 0 Å². The topological polar surface area (TPSA) is 83.9 Å². The van der Waals surface area contributed by atoms with E-state index in [0.717, 1.165) is 22.6 Å². The summed E-state index contributed by atoms with van der Waals surface area (Å²) in [7, 11) is 0. The van der Waals surface area contributed by atoms with Crippen molar-refractivity contribution in [3.05, 3.63) is 117 Å². The summed E-state index contributed by atoms with van der Waals surface area (Å²) >= 11 is 6.92. The van der Waals surface area contributed by atoms with Gasteiger partial charge in [-0.05, 0) is 43.3 Å². The predicted octanol–water partition coefficient (Wildman–Crippen LogP) is 6.00. The molecule has 0 spiro atoms. The molecule has 0 aliphatic carbocycles. The molecule has 7 nitrogen and oxygen atoms in total. The van der Waals surface area contributed by atoms with E-state index in [-0.39, 0.29) is 17.4 Å². The second-order valence-electron chi connectivity index (χ2n) is 8.59. The highest BCUT2D eigenvalue weighted by atomic mass is 35.5. The van der Waals surface area contributed by atoms with E-state index in [1.165, 1.54) is 0 Å². The lowest BCUT2D eigenvalue weighted by Gasteiger charge is -2.23. The van der Waals surface area contributed by atoms with Gasteiger partial charge in [-0.1, -0.05) is 60.1 Å². The Morgan fingerprint density at radius 3 is 2.31 bits per heavy atom. The number of hydrazone groups is 1. The third-order valence-electron chi connectivity index (χ3n) is 6.39. The van der Waals surface area contributed by atoms with Crippen LogP contribution < -0.4 is 10.6 Å². The molecule has 3 heterocycles. The molecule has 36 heavy (non-hydrogen) atoms. The summed E-state index contributed by atoms with van der Waals surface area (Å²) in [5, 5.41) is 23.3. The lowest BCUT2D eigenvalue weighted by molar-refractivity contribution is 0.466. The van der Waals surface area contributed by atoms with Crippen LogP contribution in [0.2, 0.25) is 5.15 Å². The lowest BCUT2D eigenvalue weighted by atomic mass is 9.98. The summed E-state index contributed by atoms with van der Waals surface area (Å²) in [4.78, 5) is 13.0. The van der Waals surface area contributed by atoms with E-state index in [2.05, 4.69) is 0 Å². The van der Waals surface area contributed by atoms with Gasteiger partial charge in [0, 0.05) is 12.0 Å². The minimum atomic E-state index is -0.638. The number of halogens is 1. The molecule has 178 valence electrons. The highest BCUT2D eigenvalue weighted by molar-refractivity contribution is 6.30. The summed E-state index contributed by atoms with van der Waals surface area (Å²) < 4.78 is 7.22. The second-order valence-corrected chi connectivity index (χ2v) is 8.95. The van der Waals surface area contributed by atoms with Gasteiger partial charge in [-0.15, -0.1) is 0 Å². The van der Waals surface area contributed by atoms with E-state index < -0.39 is 5.63 Å². The van der Waals surface area contributed by atoms with Crippen molar-refractivity contribution in [2.24, 2.45) is 5.10 Å². The summed E-state index contributed by atoms with van der Waals surface area (Å²) in [5.41, 5.74) is 3.38. The van der Waals surface area contributed by atoms with Gasteiger partial charge in [0.1, 0.15) is 22.0 Å². The van der Waals surface area contributed by atoms with Crippen molar-refractivity contribution in [2.45, 2.75) is 19.4 Å². The number of nitrogens with zero attached hydrogens (tertiary/aromatic N) is 4. The Balaban J connectivity index is 1.51. The van der Waals surface area contributed by atoms with Crippen molar-refractivity contribution in [2.75, 3.05) is 5.01 Å². The van der Waals surface area contributed by atoms with Crippen LogP contribution >= 0.6 is 11.6 Å². The SMILES string of the molecule is Cc1nn(-c2ccccc2)c(Cl)c1C1CC(c2c(O)c3ccccc3oc2=O)=NN1c1ccccc1. The molecule has 8 heteroatoms. The number of rotatable bonds is 4. The molecule has 1 unspecified atom stereocenters. The maximum absolute atomic E-state index is 13.0. The van der Waals surface area contributed by atoms with Crippen molar-refractivity contribution in [1.29, 1.82) is 0 Å². The van der Waals surface area contributed by atoms with E-state index in [4.69, 9.17) is 26.2 Å². The van der Waals surface area contributed by atoms with Crippen LogP contribution in [0.15, 0.2) is 99.2 Å². The van der Waals surface area contributed by atoms with Crippen molar-refractivity contribution in [1.82, 2.24) is 9.78 Å². The summed E-state index contributed by atoms with van der Waals surface area (Å²) in [6.45, 7) is 1.91. The molecule has 0 radical (unpaired) electrons.